The molecule has 0 aliphatic rings. The number of benzene rings is 1. The van der Waals surface area contributed by atoms with Crippen molar-refractivity contribution in [1.82, 2.24) is 0 Å². The summed E-state index contributed by atoms with van der Waals surface area (Å²) in [5.41, 5.74) is 0.630. The minimum absolute atomic E-state index is 0.0202. The molecule has 0 amide bonds. The topological polar surface area (TPSA) is 35.5 Å². The van der Waals surface area contributed by atoms with Gasteiger partial charge >= 0.3 is 0 Å². The Morgan fingerprint density at radius 2 is 2.18 bits per heavy atom. The molecule has 1 aromatic carbocycles. The normalized spacial score (nSPS) is 10.5. The summed E-state index contributed by atoms with van der Waals surface area (Å²) in [5, 5.41) is 0. The third-order valence-electron chi connectivity index (χ3n) is 2.11. The van der Waals surface area contributed by atoms with Crippen LogP contribution in [0.3, 0.4) is 0 Å². The van der Waals surface area contributed by atoms with E-state index in [2.05, 4.69) is 15.9 Å². The van der Waals surface area contributed by atoms with E-state index in [-0.39, 0.29) is 24.6 Å². The first-order chi connectivity index (χ1) is 8.15. The Hall–Kier alpha value is -0.780. The van der Waals surface area contributed by atoms with Crippen molar-refractivity contribution in [2.45, 2.75) is 6.42 Å². The second-order valence-electron chi connectivity index (χ2n) is 3.47. The van der Waals surface area contributed by atoms with Gasteiger partial charge in [0.2, 0.25) is 0 Å². The van der Waals surface area contributed by atoms with Gasteiger partial charge in [0.05, 0.1) is 17.7 Å². The van der Waals surface area contributed by atoms with Gasteiger partial charge in [-0.3, -0.25) is 4.79 Å². The molecule has 5 heteroatoms. The van der Waals surface area contributed by atoms with Crippen molar-refractivity contribution in [3.8, 4) is 0 Å². The number of rotatable bonds is 7. The average Bonchev–Trinajstić information content (AvgIpc) is 2.31. The fraction of sp³-hybridized carbons (Fsp3) is 0.417. The summed E-state index contributed by atoms with van der Waals surface area (Å²) in [6.45, 7) is 0.857. The van der Waals surface area contributed by atoms with Gasteiger partial charge in [0.1, 0.15) is 12.4 Å². The van der Waals surface area contributed by atoms with Gasteiger partial charge in [-0.1, -0.05) is 12.1 Å². The lowest BCUT2D eigenvalue weighted by Crippen LogP contribution is -2.14. The number of carbonyl (C=O) groups is 1. The molecule has 1 rings (SSSR count). The number of hydrogen-bond acceptors (Lipinski definition) is 3. The third-order valence-corrected chi connectivity index (χ3v) is 3.00. The van der Waals surface area contributed by atoms with E-state index in [1.54, 1.807) is 19.2 Å². The maximum Gasteiger partial charge on any atom is 0.162 e. The Labute approximate surface area is 108 Å². The molecule has 0 radical (unpaired) electrons. The SMILES string of the molecule is COCCOCC(=O)Cc1cccc(F)c1Br. The molecule has 0 saturated heterocycles. The van der Waals surface area contributed by atoms with E-state index in [4.69, 9.17) is 9.47 Å². The Morgan fingerprint density at radius 1 is 1.41 bits per heavy atom. The molecule has 17 heavy (non-hydrogen) atoms. The molecule has 0 aliphatic carbocycles. The zero-order valence-corrected chi connectivity index (χ0v) is 11.1. The highest BCUT2D eigenvalue weighted by molar-refractivity contribution is 9.10. The van der Waals surface area contributed by atoms with E-state index in [0.29, 0.717) is 23.2 Å². The van der Waals surface area contributed by atoms with Crippen LogP contribution in [0.4, 0.5) is 4.39 Å². The highest BCUT2D eigenvalue weighted by Crippen LogP contribution is 2.20. The van der Waals surface area contributed by atoms with Crippen molar-refractivity contribution in [3.05, 3.63) is 34.1 Å². The standard InChI is InChI=1S/C12H14BrFO3/c1-16-5-6-17-8-10(15)7-9-3-2-4-11(14)12(9)13/h2-4H,5-8H2,1H3. The van der Waals surface area contributed by atoms with Crippen LogP contribution in [-0.2, 0) is 20.7 Å². The zero-order chi connectivity index (χ0) is 12.7. The molecular formula is C12H14BrFO3. The number of ketones is 1. The van der Waals surface area contributed by atoms with E-state index in [1.807, 2.05) is 0 Å². The molecular weight excluding hydrogens is 291 g/mol. The summed E-state index contributed by atoms with van der Waals surface area (Å²) in [5.74, 6) is -0.456. The minimum atomic E-state index is -0.365. The van der Waals surface area contributed by atoms with Crippen LogP contribution in [0, 0.1) is 5.82 Å². The molecule has 0 unspecified atom stereocenters. The quantitative estimate of drug-likeness (QED) is 0.726. The average molecular weight is 305 g/mol. The fourth-order valence-electron chi connectivity index (χ4n) is 1.28. The summed E-state index contributed by atoms with van der Waals surface area (Å²) in [6.07, 6.45) is 0.158. The third kappa shape index (κ3) is 4.93. The summed E-state index contributed by atoms with van der Waals surface area (Å²) in [4.78, 5) is 11.5. The molecule has 0 bridgehead atoms. The number of halogens is 2. The molecule has 3 nitrogen and oxygen atoms in total. The summed E-state index contributed by atoms with van der Waals surface area (Å²) < 4.78 is 23.4. The molecule has 0 aromatic heterocycles. The first-order valence-corrected chi connectivity index (χ1v) is 5.95. The van der Waals surface area contributed by atoms with Crippen molar-refractivity contribution in [2.24, 2.45) is 0 Å². The summed E-state index contributed by atoms with van der Waals surface area (Å²) in [6, 6.07) is 4.63. The van der Waals surface area contributed by atoms with E-state index in [0.717, 1.165) is 0 Å². The van der Waals surface area contributed by atoms with Crippen LogP contribution in [0.15, 0.2) is 22.7 Å². The number of carbonyl (C=O) groups excluding carboxylic acids is 1. The lowest BCUT2D eigenvalue weighted by atomic mass is 10.1. The van der Waals surface area contributed by atoms with Crippen LogP contribution in [-0.4, -0.2) is 32.7 Å². The predicted molar refractivity (Wildman–Crippen MR) is 65.5 cm³/mol. The number of ether oxygens (including phenoxy) is 2. The monoisotopic (exact) mass is 304 g/mol. The van der Waals surface area contributed by atoms with Gasteiger partial charge in [0, 0.05) is 13.5 Å². The lowest BCUT2D eigenvalue weighted by Gasteiger charge is -2.05. The number of hydrogen-bond donors (Lipinski definition) is 0. The van der Waals surface area contributed by atoms with Gasteiger partial charge in [0.15, 0.2) is 5.78 Å². The van der Waals surface area contributed by atoms with Crippen LogP contribution >= 0.6 is 15.9 Å². The molecule has 0 saturated carbocycles. The summed E-state index contributed by atoms with van der Waals surface area (Å²) >= 11 is 3.11. The second-order valence-corrected chi connectivity index (χ2v) is 4.27. The Morgan fingerprint density at radius 3 is 2.88 bits per heavy atom. The van der Waals surface area contributed by atoms with Crippen LogP contribution in [0.25, 0.3) is 0 Å². The largest absolute Gasteiger partial charge is 0.382 e. The van der Waals surface area contributed by atoms with Crippen molar-refractivity contribution in [2.75, 3.05) is 26.9 Å². The fourth-order valence-corrected chi connectivity index (χ4v) is 1.68. The lowest BCUT2D eigenvalue weighted by molar-refractivity contribution is -0.123. The first-order valence-electron chi connectivity index (χ1n) is 5.16. The predicted octanol–water partition coefficient (Wildman–Crippen LogP) is 2.36. The number of methoxy groups -OCH3 is 1. The van der Waals surface area contributed by atoms with Gasteiger partial charge in [-0.05, 0) is 27.6 Å². The Kier molecular flexibility index (Phi) is 6.32. The molecule has 0 atom stereocenters. The summed E-state index contributed by atoms with van der Waals surface area (Å²) in [7, 11) is 1.56. The van der Waals surface area contributed by atoms with Gasteiger partial charge in [-0.15, -0.1) is 0 Å². The molecule has 94 valence electrons. The maximum absolute atomic E-state index is 13.2. The van der Waals surface area contributed by atoms with Gasteiger partial charge in [-0.25, -0.2) is 4.39 Å². The van der Waals surface area contributed by atoms with Gasteiger partial charge in [-0.2, -0.15) is 0 Å². The smallest absolute Gasteiger partial charge is 0.162 e. The van der Waals surface area contributed by atoms with Crippen molar-refractivity contribution < 1.29 is 18.7 Å². The van der Waals surface area contributed by atoms with Crippen molar-refractivity contribution in [1.29, 1.82) is 0 Å². The van der Waals surface area contributed by atoms with E-state index >= 15 is 0 Å². The number of Topliss-reactive ketones (excluding diaryl/α,β-unsaturated/α-hetero) is 1. The highest BCUT2D eigenvalue weighted by atomic mass is 79.9. The molecule has 0 N–H and O–H groups in total. The van der Waals surface area contributed by atoms with Gasteiger partial charge < -0.3 is 9.47 Å². The van der Waals surface area contributed by atoms with E-state index < -0.39 is 0 Å². The molecule has 0 fully saturated rings. The van der Waals surface area contributed by atoms with Crippen LogP contribution in [0.2, 0.25) is 0 Å². The molecule has 1 aromatic rings. The van der Waals surface area contributed by atoms with Crippen molar-refractivity contribution >= 4 is 21.7 Å². The van der Waals surface area contributed by atoms with E-state index in [9.17, 15) is 9.18 Å². The minimum Gasteiger partial charge on any atom is -0.382 e. The molecule has 0 heterocycles. The highest BCUT2D eigenvalue weighted by Gasteiger charge is 2.09. The van der Waals surface area contributed by atoms with Crippen LogP contribution in [0.5, 0.6) is 0 Å². The van der Waals surface area contributed by atoms with Crippen LogP contribution < -0.4 is 0 Å². The molecule has 0 spiro atoms. The van der Waals surface area contributed by atoms with Crippen LogP contribution in [0.1, 0.15) is 5.56 Å². The van der Waals surface area contributed by atoms with Crippen molar-refractivity contribution in [3.63, 3.8) is 0 Å². The van der Waals surface area contributed by atoms with E-state index in [1.165, 1.54) is 6.07 Å². The Balaban J connectivity index is 2.43. The first kappa shape index (κ1) is 14.3. The molecule has 0 aliphatic heterocycles. The maximum atomic E-state index is 13.2. The zero-order valence-electron chi connectivity index (χ0n) is 9.54. The second kappa shape index (κ2) is 7.53. The van der Waals surface area contributed by atoms with Gasteiger partial charge in [0.25, 0.3) is 0 Å². The Bertz CT molecular complexity index is 382.